The van der Waals surface area contributed by atoms with Gasteiger partial charge in [-0.2, -0.15) is 0 Å². The Hall–Kier alpha value is -2.70. The Morgan fingerprint density at radius 1 is 1.26 bits per heavy atom. The fraction of sp³-hybridized carbons (Fsp3) is 0.333. The molecule has 0 bridgehead atoms. The van der Waals surface area contributed by atoms with Crippen LogP contribution in [-0.4, -0.2) is 49.8 Å². The number of fused-ring (bicyclic) bond motifs is 1. The minimum atomic E-state index is -0.0756. The van der Waals surface area contributed by atoms with Gasteiger partial charge in [-0.3, -0.25) is 9.98 Å². The summed E-state index contributed by atoms with van der Waals surface area (Å²) < 4.78 is 16.6. The number of nitrogens with two attached hydrogens (primary N) is 1. The number of nitrogens with zero attached hydrogens (tertiary/aromatic N) is 2. The van der Waals surface area contributed by atoms with Crippen molar-refractivity contribution in [3.63, 3.8) is 0 Å². The molecular formula is C21H23N3O3. The van der Waals surface area contributed by atoms with Gasteiger partial charge >= 0.3 is 0 Å². The van der Waals surface area contributed by atoms with Crippen molar-refractivity contribution in [2.75, 3.05) is 33.0 Å². The van der Waals surface area contributed by atoms with Crippen LogP contribution in [0.25, 0.3) is 11.1 Å². The van der Waals surface area contributed by atoms with Crippen LogP contribution in [0.15, 0.2) is 59.7 Å². The standard InChI is InChI=1S/C21H23N3O3/c22-21(27-14-18-13-25-8-9-26-18)11-20-19-4-3-15(10-16(19)5-7-24-20)17-2-1-6-23-12-17/h1-4,6,10-12,18H,5,7-9,13-14,22H2. The number of hydrogen-bond acceptors (Lipinski definition) is 6. The first-order valence-corrected chi connectivity index (χ1v) is 9.17. The summed E-state index contributed by atoms with van der Waals surface area (Å²) in [5.41, 5.74) is 11.5. The van der Waals surface area contributed by atoms with Gasteiger partial charge < -0.3 is 19.9 Å². The minimum Gasteiger partial charge on any atom is -0.476 e. The third-order valence-electron chi connectivity index (χ3n) is 4.64. The third-order valence-corrected chi connectivity index (χ3v) is 4.64. The molecule has 1 unspecified atom stereocenters. The fourth-order valence-corrected chi connectivity index (χ4v) is 3.27. The Morgan fingerprint density at radius 2 is 2.22 bits per heavy atom. The van der Waals surface area contributed by atoms with Crippen LogP contribution < -0.4 is 5.73 Å². The molecule has 27 heavy (non-hydrogen) atoms. The molecule has 1 atom stereocenters. The van der Waals surface area contributed by atoms with E-state index in [2.05, 4.69) is 34.2 Å². The predicted octanol–water partition coefficient (Wildman–Crippen LogP) is 2.33. The second-order valence-electron chi connectivity index (χ2n) is 6.56. The van der Waals surface area contributed by atoms with Crippen molar-refractivity contribution in [1.82, 2.24) is 4.98 Å². The number of pyridine rings is 1. The van der Waals surface area contributed by atoms with Crippen molar-refractivity contribution in [3.8, 4) is 11.1 Å². The molecule has 0 amide bonds. The lowest BCUT2D eigenvalue weighted by Crippen LogP contribution is -2.32. The highest BCUT2D eigenvalue weighted by Crippen LogP contribution is 2.25. The van der Waals surface area contributed by atoms with E-state index in [1.807, 2.05) is 12.3 Å². The first-order valence-electron chi connectivity index (χ1n) is 9.17. The van der Waals surface area contributed by atoms with Crippen molar-refractivity contribution in [3.05, 3.63) is 65.8 Å². The summed E-state index contributed by atoms with van der Waals surface area (Å²) in [5.74, 6) is 0.340. The zero-order valence-corrected chi connectivity index (χ0v) is 15.1. The highest BCUT2D eigenvalue weighted by Gasteiger charge is 2.17. The molecule has 2 aliphatic rings. The van der Waals surface area contributed by atoms with Crippen molar-refractivity contribution < 1.29 is 14.2 Å². The van der Waals surface area contributed by atoms with Gasteiger partial charge in [0.1, 0.15) is 12.7 Å². The second kappa shape index (κ2) is 8.33. The lowest BCUT2D eigenvalue weighted by molar-refractivity contribution is -0.108. The molecule has 0 radical (unpaired) electrons. The number of aliphatic imine (C=N–C) groups is 1. The van der Waals surface area contributed by atoms with E-state index in [1.165, 1.54) is 5.56 Å². The van der Waals surface area contributed by atoms with E-state index in [0.29, 0.717) is 32.3 Å². The molecule has 6 heteroatoms. The zero-order chi connectivity index (χ0) is 18.5. The van der Waals surface area contributed by atoms with E-state index in [-0.39, 0.29) is 6.10 Å². The van der Waals surface area contributed by atoms with Gasteiger partial charge in [-0.1, -0.05) is 24.3 Å². The van der Waals surface area contributed by atoms with E-state index in [0.717, 1.165) is 35.4 Å². The Morgan fingerprint density at radius 3 is 3.04 bits per heavy atom. The summed E-state index contributed by atoms with van der Waals surface area (Å²) in [6, 6.07) is 10.4. The number of allylic oxidation sites excluding steroid dienone is 1. The van der Waals surface area contributed by atoms with E-state index < -0.39 is 0 Å². The Kier molecular flexibility index (Phi) is 5.46. The van der Waals surface area contributed by atoms with Gasteiger partial charge in [0.25, 0.3) is 0 Å². The summed E-state index contributed by atoms with van der Waals surface area (Å²) >= 11 is 0. The smallest absolute Gasteiger partial charge is 0.186 e. The Bertz CT molecular complexity index is 843. The maximum Gasteiger partial charge on any atom is 0.186 e. The van der Waals surface area contributed by atoms with Gasteiger partial charge in [0.2, 0.25) is 0 Å². The van der Waals surface area contributed by atoms with E-state index in [9.17, 15) is 0 Å². The van der Waals surface area contributed by atoms with Gasteiger partial charge in [-0.05, 0) is 29.2 Å². The number of rotatable bonds is 5. The normalized spacial score (nSPS) is 19.9. The molecule has 0 saturated carbocycles. The largest absolute Gasteiger partial charge is 0.476 e. The lowest BCUT2D eigenvalue weighted by Gasteiger charge is -2.23. The third kappa shape index (κ3) is 4.35. The fourth-order valence-electron chi connectivity index (χ4n) is 3.27. The van der Waals surface area contributed by atoms with Crippen LogP contribution in [0.3, 0.4) is 0 Å². The van der Waals surface area contributed by atoms with Crippen LogP contribution in [-0.2, 0) is 20.6 Å². The van der Waals surface area contributed by atoms with Gasteiger partial charge in [0.15, 0.2) is 5.88 Å². The topological polar surface area (TPSA) is 79.0 Å². The number of ether oxygens (including phenoxy) is 3. The quantitative estimate of drug-likeness (QED) is 0.823. The molecule has 3 heterocycles. The van der Waals surface area contributed by atoms with Crippen LogP contribution in [0.4, 0.5) is 0 Å². The maximum absolute atomic E-state index is 6.05. The molecule has 1 fully saturated rings. The predicted molar refractivity (Wildman–Crippen MR) is 104 cm³/mol. The molecule has 2 aliphatic heterocycles. The Balaban J connectivity index is 1.48. The van der Waals surface area contributed by atoms with Crippen molar-refractivity contribution >= 4 is 5.71 Å². The molecule has 6 nitrogen and oxygen atoms in total. The van der Waals surface area contributed by atoms with E-state index >= 15 is 0 Å². The molecule has 4 rings (SSSR count). The van der Waals surface area contributed by atoms with Crippen LogP contribution in [0.2, 0.25) is 0 Å². The first kappa shape index (κ1) is 17.7. The van der Waals surface area contributed by atoms with Gasteiger partial charge in [0, 0.05) is 30.6 Å². The number of aromatic nitrogens is 1. The SMILES string of the molecule is NC(=CC1=NCCc2cc(-c3cccnc3)ccc21)OCC1COCCO1. The summed E-state index contributed by atoms with van der Waals surface area (Å²) in [6.07, 6.45) is 6.29. The molecule has 0 aliphatic carbocycles. The zero-order valence-electron chi connectivity index (χ0n) is 15.1. The molecule has 2 aromatic rings. The maximum atomic E-state index is 6.05. The van der Waals surface area contributed by atoms with Crippen LogP contribution in [0.5, 0.6) is 0 Å². The minimum absolute atomic E-state index is 0.0756. The number of benzene rings is 1. The molecule has 1 aromatic heterocycles. The van der Waals surface area contributed by atoms with Crippen LogP contribution >= 0.6 is 0 Å². The molecule has 1 saturated heterocycles. The van der Waals surface area contributed by atoms with Gasteiger partial charge in [-0.25, -0.2) is 0 Å². The highest BCUT2D eigenvalue weighted by molar-refractivity contribution is 6.10. The first-order chi connectivity index (χ1) is 13.3. The lowest BCUT2D eigenvalue weighted by atomic mass is 9.93. The summed E-state index contributed by atoms with van der Waals surface area (Å²) in [5, 5.41) is 0. The summed E-state index contributed by atoms with van der Waals surface area (Å²) in [4.78, 5) is 8.82. The van der Waals surface area contributed by atoms with Crippen LogP contribution in [0, 0.1) is 0 Å². The average Bonchev–Trinajstić information content (AvgIpc) is 2.73. The van der Waals surface area contributed by atoms with Crippen molar-refractivity contribution in [2.24, 2.45) is 10.7 Å². The monoisotopic (exact) mass is 365 g/mol. The summed E-state index contributed by atoms with van der Waals surface area (Å²) in [7, 11) is 0. The second-order valence-corrected chi connectivity index (χ2v) is 6.56. The van der Waals surface area contributed by atoms with Crippen molar-refractivity contribution in [2.45, 2.75) is 12.5 Å². The van der Waals surface area contributed by atoms with E-state index in [4.69, 9.17) is 19.9 Å². The van der Waals surface area contributed by atoms with Crippen molar-refractivity contribution in [1.29, 1.82) is 0 Å². The summed E-state index contributed by atoms with van der Waals surface area (Å²) in [6.45, 7) is 2.88. The van der Waals surface area contributed by atoms with E-state index in [1.54, 1.807) is 12.3 Å². The molecule has 0 spiro atoms. The molecule has 1 aromatic carbocycles. The molecule has 2 N–H and O–H groups in total. The Labute approximate surface area is 158 Å². The van der Waals surface area contributed by atoms with Crippen LogP contribution in [0.1, 0.15) is 11.1 Å². The number of hydrogen-bond donors (Lipinski definition) is 1. The van der Waals surface area contributed by atoms with Gasteiger partial charge in [0.05, 0.1) is 25.5 Å². The van der Waals surface area contributed by atoms with Gasteiger partial charge in [-0.15, -0.1) is 0 Å². The molecule has 140 valence electrons. The molecular weight excluding hydrogens is 342 g/mol. The highest BCUT2D eigenvalue weighted by atomic mass is 16.6. The average molecular weight is 365 g/mol.